The molecule has 0 saturated carbocycles. The van der Waals surface area contributed by atoms with Crippen LogP contribution in [0.2, 0.25) is 0 Å². The van der Waals surface area contributed by atoms with Crippen LogP contribution in [0, 0.1) is 0 Å². The molecule has 29 heavy (non-hydrogen) atoms. The molecule has 0 fully saturated rings. The number of rotatable bonds is 7. The predicted molar refractivity (Wildman–Crippen MR) is 103 cm³/mol. The Bertz CT molecular complexity index is 957. The van der Waals surface area contributed by atoms with Gasteiger partial charge in [0.25, 0.3) is 0 Å². The molecule has 0 amide bonds. The molecule has 1 aromatic heterocycles. The van der Waals surface area contributed by atoms with Crippen molar-refractivity contribution in [2.24, 2.45) is 0 Å². The zero-order valence-electron chi connectivity index (χ0n) is 15.3. The fraction of sp³-hybridized carbons (Fsp3) is 0.200. The number of imidazole rings is 1. The van der Waals surface area contributed by atoms with Crippen molar-refractivity contribution >= 4 is 17.7 Å². The zero-order chi connectivity index (χ0) is 20.9. The Kier molecular flexibility index (Phi) is 6.48. The van der Waals surface area contributed by atoms with Gasteiger partial charge in [0.15, 0.2) is 5.16 Å². The number of carbonyl (C=O) groups is 1. The second kappa shape index (κ2) is 9.04. The third-order valence-electron chi connectivity index (χ3n) is 3.75. The van der Waals surface area contributed by atoms with Gasteiger partial charge in [0, 0.05) is 11.3 Å². The lowest BCUT2D eigenvalue weighted by molar-refractivity contribution is -0.274. The molecule has 0 unspecified atom stereocenters. The molecular weight excluding hydrogens is 405 g/mol. The maximum atomic E-state index is 12.4. The third kappa shape index (κ3) is 5.54. The minimum absolute atomic E-state index is 0.0638. The molecule has 0 bridgehead atoms. The summed E-state index contributed by atoms with van der Waals surface area (Å²) in [4.78, 5) is 16.1. The summed E-state index contributed by atoms with van der Waals surface area (Å²) in [6.45, 7) is 2.01. The van der Waals surface area contributed by atoms with Gasteiger partial charge in [-0.1, -0.05) is 42.1 Å². The lowest BCUT2D eigenvalue weighted by atomic mass is 10.1. The summed E-state index contributed by atoms with van der Waals surface area (Å²) < 4.78 is 47.9. The van der Waals surface area contributed by atoms with Crippen LogP contribution < -0.4 is 4.74 Å². The van der Waals surface area contributed by atoms with Crippen molar-refractivity contribution in [1.29, 1.82) is 0 Å². The first-order valence-electron chi connectivity index (χ1n) is 8.65. The van der Waals surface area contributed by atoms with E-state index in [1.807, 2.05) is 30.3 Å². The first kappa shape index (κ1) is 20.8. The summed E-state index contributed by atoms with van der Waals surface area (Å²) in [6, 6.07) is 14.9. The molecule has 5 nitrogen and oxygen atoms in total. The molecular formula is C20H17F3N2O3S. The van der Waals surface area contributed by atoms with Crippen LogP contribution in [0.5, 0.6) is 5.75 Å². The summed E-state index contributed by atoms with van der Waals surface area (Å²) in [5.41, 5.74) is 2.20. The Labute approximate surface area is 169 Å². The van der Waals surface area contributed by atoms with E-state index in [-0.39, 0.29) is 24.1 Å². The van der Waals surface area contributed by atoms with E-state index in [9.17, 15) is 18.0 Å². The van der Waals surface area contributed by atoms with Crippen molar-refractivity contribution in [3.8, 4) is 22.7 Å². The number of alkyl halides is 3. The Balaban J connectivity index is 1.95. The van der Waals surface area contributed by atoms with Gasteiger partial charge in [0.05, 0.1) is 24.3 Å². The molecule has 2 aromatic carbocycles. The Morgan fingerprint density at radius 1 is 1.10 bits per heavy atom. The number of benzene rings is 2. The van der Waals surface area contributed by atoms with E-state index in [0.29, 0.717) is 10.8 Å². The van der Waals surface area contributed by atoms with Gasteiger partial charge in [-0.15, -0.1) is 13.2 Å². The van der Waals surface area contributed by atoms with Gasteiger partial charge in [0.2, 0.25) is 0 Å². The van der Waals surface area contributed by atoms with Crippen LogP contribution in [0.3, 0.4) is 0 Å². The van der Waals surface area contributed by atoms with Crippen LogP contribution >= 0.6 is 11.8 Å². The van der Waals surface area contributed by atoms with E-state index in [1.165, 1.54) is 36.0 Å². The smallest absolute Gasteiger partial charge is 0.465 e. The van der Waals surface area contributed by atoms with E-state index in [1.54, 1.807) is 17.7 Å². The van der Waals surface area contributed by atoms with Gasteiger partial charge >= 0.3 is 12.3 Å². The summed E-state index contributed by atoms with van der Waals surface area (Å²) in [6.07, 6.45) is -3.10. The molecule has 0 atom stereocenters. The van der Waals surface area contributed by atoms with Crippen molar-refractivity contribution in [1.82, 2.24) is 9.55 Å². The summed E-state index contributed by atoms with van der Waals surface area (Å²) in [5, 5.41) is 0.515. The van der Waals surface area contributed by atoms with E-state index >= 15 is 0 Å². The van der Waals surface area contributed by atoms with Gasteiger partial charge in [0.1, 0.15) is 5.75 Å². The normalized spacial score (nSPS) is 11.3. The summed E-state index contributed by atoms with van der Waals surface area (Å²) >= 11 is 1.19. The van der Waals surface area contributed by atoms with E-state index < -0.39 is 6.36 Å². The molecule has 0 aliphatic heterocycles. The number of carbonyl (C=O) groups excluding carboxylic acids is 1. The van der Waals surface area contributed by atoms with Crippen molar-refractivity contribution in [2.45, 2.75) is 18.4 Å². The van der Waals surface area contributed by atoms with Crippen LogP contribution in [-0.2, 0) is 9.53 Å². The van der Waals surface area contributed by atoms with Gasteiger partial charge in [-0.3, -0.25) is 9.36 Å². The molecule has 152 valence electrons. The number of esters is 1. The minimum atomic E-state index is -4.76. The Morgan fingerprint density at radius 3 is 2.41 bits per heavy atom. The van der Waals surface area contributed by atoms with Crippen LogP contribution in [-0.4, -0.2) is 34.2 Å². The molecule has 0 N–H and O–H groups in total. The van der Waals surface area contributed by atoms with Gasteiger partial charge in [-0.2, -0.15) is 0 Å². The number of hydrogen-bond donors (Lipinski definition) is 0. The van der Waals surface area contributed by atoms with Crippen LogP contribution in [0.1, 0.15) is 6.92 Å². The summed E-state index contributed by atoms with van der Waals surface area (Å²) in [5.74, 6) is -0.625. The quantitative estimate of drug-likeness (QED) is 0.392. The maximum absolute atomic E-state index is 12.4. The zero-order valence-corrected chi connectivity index (χ0v) is 16.2. The van der Waals surface area contributed by atoms with Crippen LogP contribution in [0.25, 0.3) is 16.9 Å². The highest BCUT2D eigenvalue weighted by Crippen LogP contribution is 2.31. The third-order valence-corrected chi connectivity index (χ3v) is 4.68. The SMILES string of the molecule is CCOC(=O)CSc1ncc(-c2ccccc2)n1-c1ccc(OC(F)(F)F)cc1. The summed E-state index contributed by atoms with van der Waals surface area (Å²) in [7, 11) is 0. The number of aromatic nitrogens is 2. The molecule has 3 rings (SSSR count). The molecule has 0 radical (unpaired) electrons. The van der Waals surface area contributed by atoms with Crippen molar-refractivity contribution in [3.63, 3.8) is 0 Å². The van der Waals surface area contributed by atoms with E-state index in [0.717, 1.165) is 11.3 Å². The fourth-order valence-corrected chi connectivity index (χ4v) is 3.41. The molecule has 9 heteroatoms. The molecule has 0 aliphatic carbocycles. The van der Waals surface area contributed by atoms with Gasteiger partial charge in [-0.05, 0) is 31.2 Å². The minimum Gasteiger partial charge on any atom is -0.465 e. The average molecular weight is 422 g/mol. The fourth-order valence-electron chi connectivity index (χ4n) is 2.62. The topological polar surface area (TPSA) is 53.3 Å². The maximum Gasteiger partial charge on any atom is 0.573 e. The van der Waals surface area contributed by atoms with E-state index in [2.05, 4.69) is 9.72 Å². The number of thioether (sulfide) groups is 1. The standard InChI is InChI=1S/C20H17F3N2O3S/c1-2-27-18(26)13-29-19-24-12-17(14-6-4-3-5-7-14)25(19)15-8-10-16(11-9-15)28-20(21,22)23/h3-12H,2,13H2,1H3. The average Bonchev–Trinajstić information content (AvgIpc) is 3.11. The van der Waals surface area contributed by atoms with Gasteiger partial charge in [-0.25, -0.2) is 4.98 Å². The highest BCUT2D eigenvalue weighted by atomic mass is 32.2. The molecule has 0 aliphatic rings. The second-order valence-electron chi connectivity index (χ2n) is 5.76. The van der Waals surface area contributed by atoms with Crippen molar-refractivity contribution in [2.75, 3.05) is 12.4 Å². The molecule has 0 saturated heterocycles. The lowest BCUT2D eigenvalue weighted by Crippen LogP contribution is -2.17. The molecule has 0 spiro atoms. The molecule has 1 heterocycles. The Morgan fingerprint density at radius 2 is 1.79 bits per heavy atom. The monoisotopic (exact) mass is 422 g/mol. The van der Waals surface area contributed by atoms with E-state index in [4.69, 9.17) is 4.74 Å². The molecule has 3 aromatic rings. The highest BCUT2D eigenvalue weighted by molar-refractivity contribution is 7.99. The highest BCUT2D eigenvalue weighted by Gasteiger charge is 2.31. The second-order valence-corrected chi connectivity index (χ2v) is 6.71. The van der Waals surface area contributed by atoms with Crippen LogP contribution in [0.15, 0.2) is 66.0 Å². The number of hydrogen-bond acceptors (Lipinski definition) is 5. The van der Waals surface area contributed by atoms with Crippen molar-refractivity contribution in [3.05, 3.63) is 60.8 Å². The first-order chi connectivity index (χ1) is 13.9. The number of ether oxygens (including phenoxy) is 2. The largest absolute Gasteiger partial charge is 0.573 e. The van der Waals surface area contributed by atoms with Crippen molar-refractivity contribution < 1.29 is 27.4 Å². The van der Waals surface area contributed by atoms with Crippen LogP contribution in [0.4, 0.5) is 13.2 Å². The van der Waals surface area contributed by atoms with Gasteiger partial charge < -0.3 is 9.47 Å². The number of nitrogens with zero attached hydrogens (tertiary/aromatic N) is 2. The Hall–Kier alpha value is -2.94. The predicted octanol–water partition coefficient (Wildman–Crippen LogP) is 5.09. The number of halogens is 3. The lowest BCUT2D eigenvalue weighted by Gasteiger charge is -2.13. The first-order valence-corrected chi connectivity index (χ1v) is 9.63.